The minimum Gasteiger partial charge on any atom is -0.458 e. The Hall–Kier alpha value is -2.41. The van der Waals surface area contributed by atoms with E-state index >= 15 is 0 Å². The molecule has 0 heterocycles. The van der Waals surface area contributed by atoms with Gasteiger partial charge >= 0.3 is 17.9 Å². The molecule has 132 valence electrons. The van der Waals surface area contributed by atoms with Gasteiger partial charge in [0.25, 0.3) is 0 Å². The molecule has 0 aliphatic heterocycles. The molecule has 0 amide bonds. The average molecular weight is 338 g/mol. The number of carbonyl (C=O) groups is 3. The van der Waals surface area contributed by atoms with Gasteiger partial charge in [0, 0.05) is 12.8 Å². The average Bonchev–Trinajstić information content (AvgIpc) is 2.51. The molecular formula is C17H24NO6+. The molecule has 0 saturated carbocycles. The zero-order chi connectivity index (χ0) is 18.3. The molecule has 1 aromatic carbocycles. The fourth-order valence-corrected chi connectivity index (χ4v) is 1.69. The van der Waals surface area contributed by atoms with Gasteiger partial charge in [0.05, 0.1) is 5.56 Å². The summed E-state index contributed by atoms with van der Waals surface area (Å²) in [5.74, 6) is -0.993. The van der Waals surface area contributed by atoms with E-state index in [-0.39, 0.29) is 12.5 Å². The van der Waals surface area contributed by atoms with Crippen molar-refractivity contribution in [2.45, 2.75) is 39.8 Å². The van der Waals surface area contributed by atoms with Crippen molar-refractivity contribution in [1.82, 2.24) is 0 Å². The fourth-order valence-electron chi connectivity index (χ4n) is 1.69. The maximum absolute atomic E-state index is 11.9. The van der Waals surface area contributed by atoms with Crippen molar-refractivity contribution < 1.29 is 34.3 Å². The topological polar surface area (TPSA) is 107 Å². The lowest BCUT2D eigenvalue weighted by molar-refractivity contribution is -0.419. The fraction of sp³-hybridized carbons (Fsp3) is 0.471. The molecular weight excluding hydrogens is 314 g/mol. The molecule has 0 spiro atoms. The Balaban J connectivity index is 2.47. The Kier molecular flexibility index (Phi) is 7.38. The number of carbonyl (C=O) groups excluding carboxylic acids is 3. The van der Waals surface area contributed by atoms with Gasteiger partial charge in [0.1, 0.15) is 18.5 Å². The first-order valence-electron chi connectivity index (χ1n) is 7.70. The smallest absolute Gasteiger partial charge is 0.365 e. The molecule has 0 aromatic heterocycles. The van der Waals surface area contributed by atoms with Crippen LogP contribution in [0.1, 0.15) is 38.1 Å². The summed E-state index contributed by atoms with van der Waals surface area (Å²) in [4.78, 5) is 34.5. The predicted molar refractivity (Wildman–Crippen MR) is 85.1 cm³/mol. The van der Waals surface area contributed by atoms with Crippen LogP contribution in [0.25, 0.3) is 0 Å². The lowest BCUT2D eigenvalue weighted by Gasteiger charge is -2.16. The van der Waals surface area contributed by atoms with Gasteiger partial charge in [-0.15, -0.1) is 0 Å². The first-order chi connectivity index (χ1) is 11.2. The second kappa shape index (κ2) is 9.02. The Morgan fingerprint density at radius 3 is 2.17 bits per heavy atom. The first-order valence-corrected chi connectivity index (χ1v) is 7.70. The molecule has 0 radical (unpaired) electrons. The van der Waals surface area contributed by atoms with Gasteiger partial charge in [0.15, 0.2) is 6.04 Å². The second-order valence-electron chi connectivity index (χ2n) is 5.81. The first kappa shape index (κ1) is 19.6. The number of ether oxygens (including phenoxy) is 3. The quantitative estimate of drug-likeness (QED) is 0.586. The summed E-state index contributed by atoms with van der Waals surface area (Å²) in [6.45, 7) is 6.63. The van der Waals surface area contributed by atoms with Crippen LogP contribution in [0.2, 0.25) is 0 Å². The zero-order valence-electron chi connectivity index (χ0n) is 14.4. The third kappa shape index (κ3) is 6.37. The molecule has 2 atom stereocenters. The summed E-state index contributed by atoms with van der Waals surface area (Å²) in [6.07, 6.45) is -0.565. The van der Waals surface area contributed by atoms with E-state index < -0.39 is 30.1 Å². The van der Waals surface area contributed by atoms with E-state index in [2.05, 4.69) is 5.73 Å². The molecule has 0 saturated heterocycles. The highest BCUT2D eigenvalue weighted by Gasteiger charge is 2.25. The number of esters is 3. The molecule has 2 unspecified atom stereocenters. The van der Waals surface area contributed by atoms with Crippen molar-refractivity contribution in [3.8, 4) is 5.75 Å². The van der Waals surface area contributed by atoms with Crippen molar-refractivity contribution in [2.75, 3.05) is 6.61 Å². The van der Waals surface area contributed by atoms with E-state index in [1.54, 1.807) is 6.92 Å². The molecule has 0 bridgehead atoms. The van der Waals surface area contributed by atoms with Gasteiger partial charge in [-0.3, -0.25) is 4.79 Å². The third-order valence-corrected chi connectivity index (χ3v) is 3.23. The van der Waals surface area contributed by atoms with E-state index in [0.29, 0.717) is 11.3 Å². The Labute approximate surface area is 141 Å². The van der Waals surface area contributed by atoms with Crippen LogP contribution in [0, 0.1) is 5.92 Å². The lowest BCUT2D eigenvalue weighted by Crippen LogP contribution is -2.68. The summed E-state index contributed by atoms with van der Waals surface area (Å²) in [6, 6.07) is 5.51. The minimum absolute atomic E-state index is 0.0545. The largest absolute Gasteiger partial charge is 0.458 e. The summed E-state index contributed by atoms with van der Waals surface area (Å²) < 4.78 is 15.2. The minimum atomic E-state index is -0.565. The third-order valence-electron chi connectivity index (χ3n) is 3.23. The summed E-state index contributed by atoms with van der Waals surface area (Å²) in [5.41, 5.74) is 4.05. The van der Waals surface area contributed by atoms with Crippen molar-refractivity contribution in [3.63, 3.8) is 0 Å². The van der Waals surface area contributed by atoms with Gasteiger partial charge < -0.3 is 19.9 Å². The van der Waals surface area contributed by atoms with Crippen molar-refractivity contribution in [1.29, 1.82) is 0 Å². The van der Waals surface area contributed by atoms with Gasteiger partial charge in [-0.1, -0.05) is 13.8 Å². The van der Waals surface area contributed by atoms with Crippen LogP contribution in [-0.4, -0.2) is 36.7 Å². The Bertz CT molecular complexity index is 581. The van der Waals surface area contributed by atoms with Crippen LogP contribution in [0.3, 0.4) is 0 Å². The van der Waals surface area contributed by atoms with Crippen LogP contribution in [0.5, 0.6) is 5.75 Å². The van der Waals surface area contributed by atoms with E-state index in [1.165, 1.54) is 31.2 Å². The maximum atomic E-state index is 11.9. The molecule has 3 N–H and O–H groups in total. The van der Waals surface area contributed by atoms with Crippen molar-refractivity contribution in [3.05, 3.63) is 29.8 Å². The van der Waals surface area contributed by atoms with E-state index in [9.17, 15) is 14.4 Å². The van der Waals surface area contributed by atoms with Gasteiger partial charge in [0.2, 0.25) is 0 Å². The van der Waals surface area contributed by atoms with E-state index in [1.807, 2.05) is 13.8 Å². The maximum Gasteiger partial charge on any atom is 0.365 e. The summed E-state index contributed by atoms with van der Waals surface area (Å²) in [5, 5.41) is 0. The highest BCUT2D eigenvalue weighted by molar-refractivity contribution is 5.89. The highest BCUT2D eigenvalue weighted by atomic mass is 16.6. The van der Waals surface area contributed by atoms with Crippen LogP contribution in [-0.2, 0) is 19.1 Å². The van der Waals surface area contributed by atoms with Crippen LogP contribution >= 0.6 is 0 Å². The molecule has 0 fully saturated rings. The molecule has 7 nitrogen and oxygen atoms in total. The highest BCUT2D eigenvalue weighted by Crippen LogP contribution is 2.13. The Morgan fingerprint density at radius 2 is 1.67 bits per heavy atom. The number of benzene rings is 1. The lowest BCUT2D eigenvalue weighted by atomic mass is 10.1. The molecule has 0 aliphatic carbocycles. The number of hydrogen-bond acceptors (Lipinski definition) is 6. The van der Waals surface area contributed by atoms with Crippen LogP contribution < -0.4 is 10.5 Å². The molecule has 24 heavy (non-hydrogen) atoms. The van der Waals surface area contributed by atoms with Gasteiger partial charge in [-0.2, -0.15) is 0 Å². The summed E-state index contributed by atoms with van der Waals surface area (Å²) in [7, 11) is 0. The standard InChI is InChI=1S/C17H23NO6/c1-10(2)15(18)17(21)23-11(3)9-22-16(20)13-5-7-14(8-6-13)24-12(4)19/h5-8,10-11,15H,9,18H2,1-4H3/p+1. The van der Waals surface area contributed by atoms with Crippen LogP contribution in [0.15, 0.2) is 24.3 Å². The monoisotopic (exact) mass is 338 g/mol. The van der Waals surface area contributed by atoms with Gasteiger partial charge in [-0.25, -0.2) is 9.59 Å². The van der Waals surface area contributed by atoms with E-state index in [4.69, 9.17) is 14.2 Å². The van der Waals surface area contributed by atoms with E-state index in [0.717, 1.165) is 0 Å². The van der Waals surface area contributed by atoms with Gasteiger partial charge in [-0.05, 0) is 31.2 Å². The normalized spacial score (nSPS) is 13.1. The zero-order valence-corrected chi connectivity index (χ0v) is 14.4. The molecule has 7 heteroatoms. The SMILES string of the molecule is CC(=O)Oc1ccc(C(=O)OCC(C)OC(=O)C([NH3+])C(C)C)cc1. The number of rotatable bonds is 7. The molecule has 1 aromatic rings. The molecule has 0 aliphatic rings. The number of hydrogen-bond donors (Lipinski definition) is 1. The summed E-state index contributed by atoms with van der Waals surface area (Å²) >= 11 is 0. The van der Waals surface area contributed by atoms with Crippen LogP contribution in [0.4, 0.5) is 0 Å². The Morgan fingerprint density at radius 1 is 1.08 bits per heavy atom. The predicted octanol–water partition coefficient (Wildman–Crippen LogP) is 0.967. The molecule has 1 rings (SSSR count). The van der Waals surface area contributed by atoms with Crippen molar-refractivity contribution in [2.24, 2.45) is 5.92 Å². The van der Waals surface area contributed by atoms with Crippen molar-refractivity contribution >= 4 is 17.9 Å². The second-order valence-corrected chi connectivity index (χ2v) is 5.81. The number of quaternary nitrogens is 1.